The predicted octanol–water partition coefficient (Wildman–Crippen LogP) is 3.34. The van der Waals surface area contributed by atoms with Gasteiger partial charge in [-0.1, -0.05) is 13.0 Å². The van der Waals surface area contributed by atoms with Gasteiger partial charge in [0.1, 0.15) is 11.6 Å². The molecule has 1 unspecified atom stereocenters. The van der Waals surface area contributed by atoms with Crippen LogP contribution in [0.25, 0.3) is 0 Å². The lowest BCUT2D eigenvalue weighted by atomic mass is 10.0. The number of hydrogen-bond donors (Lipinski definition) is 1. The van der Waals surface area contributed by atoms with Gasteiger partial charge in [0.05, 0.1) is 0 Å². The largest absolute Gasteiger partial charge is 0.370 e. The van der Waals surface area contributed by atoms with Gasteiger partial charge >= 0.3 is 0 Å². The molecule has 20 heavy (non-hydrogen) atoms. The third-order valence-corrected chi connectivity index (χ3v) is 3.11. The van der Waals surface area contributed by atoms with Gasteiger partial charge in [0.25, 0.3) is 0 Å². The van der Waals surface area contributed by atoms with Gasteiger partial charge in [0.15, 0.2) is 5.96 Å². The smallest absolute Gasteiger partial charge is 0.191 e. The second kappa shape index (κ2) is 9.10. The second-order valence-electron chi connectivity index (χ2n) is 4.44. The average Bonchev–Trinajstić information content (AvgIpc) is 2.37. The van der Waals surface area contributed by atoms with Gasteiger partial charge in [-0.05, 0) is 25.5 Å². The molecule has 0 aliphatic heterocycles. The summed E-state index contributed by atoms with van der Waals surface area (Å²) in [6, 6.07) is 3.61. The highest BCUT2D eigenvalue weighted by Gasteiger charge is 2.12. The number of aliphatic imine (C=N–C) groups is 1. The van der Waals surface area contributed by atoms with E-state index in [1.165, 1.54) is 12.1 Å². The summed E-state index contributed by atoms with van der Waals surface area (Å²) in [5.74, 6) is -0.794. The Bertz CT molecular complexity index is 448. The Labute approximate surface area is 136 Å². The molecule has 0 heterocycles. The summed E-state index contributed by atoms with van der Waals surface area (Å²) in [5, 5.41) is 0. The Balaban J connectivity index is 0.00000361. The minimum absolute atomic E-state index is 0. The molecule has 1 aromatic rings. The Kier molecular flexibility index (Phi) is 8.68. The molecule has 0 fully saturated rings. The Morgan fingerprint density at radius 1 is 1.30 bits per heavy atom. The van der Waals surface area contributed by atoms with Crippen molar-refractivity contribution < 1.29 is 8.78 Å². The first-order chi connectivity index (χ1) is 8.99. The SMILES string of the molecule is CCN(CC)C(N)=NCC(C)c1ccc(F)cc1F.I. The predicted molar refractivity (Wildman–Crippen MR) is 89.6 cm³/mol. The van der Waals surface area contributed by atoms with Crippen molar-refractivity contribution in [3.63, 3.8) is 0 Å². The van der Waals surface area contributed by atoms with Crippen molar-refractivity contribution in [1.29, 1.82) is 0 Å². The number of nitrogens with two attached hydrogens (primary N) is 1. The van der Waals surface area contributed by atoms with Crippen molar-refractivity contribution in [2.24, 2.45) is 10.7 Å². The van der Waals surface area contributed by atoms with Crippen LogP contribution in [-0.4, -0.2) is 30.5 Å². The molecule has 0 saturated carbocycles. The molecule has 0 radical (unpaired) electrons. The van der Waals surface area contributed by atoms with Crippen LogP contribution in [0.4, 0.5) is 8.78 Å². The van der Waals surface area contributed by atoms with Crippen LogP contribution < -0.4 is 5.73 Å². The van der Waals surface area contributed by atoms with Crippen molar-refractivity contribution in [2.45, 2.75) is 26.7 Å². The van der Waals surface area contributed by atoms with E-state index in [9.17, 15) is 8.78 Å². The maximum Gasteiger partial charge on any atom is 0.191 e. The first-order valence-corrected chi connectivity index (χ1v) is 6.49. The van der Waals surface area contributed by atoms with Crippen LogP contribution in [0.5, 0.6) is 0 Å². The average molecular weight is 397 g/mol. The number of guanidine groups is 1. The minimum atomic E-state index is -0.570. The van der Waals surface area contributed by atoms with Gasteiger partial charge in [-0.15, -0.1) is 24.0 Å². The molecular weight excluding hydrogens is 375 g/mol. The molecule has 1 atom stereocenters. The van der Waals surface area contributed by atoms with E-state index in [2.05, 4.69) is 4.99 Å². The van der Waals surface area contributed by atoms with Gasteiger partial charge < -0.3 is 10.6 Å². The fourth-order valence-corrected chi connectivity index (χ4v) is 1.88. The molecule has 0 amide bonds. The molecule has 0 saturated heterocycles. The van der Waals surface area contributed by atoms with Gasteiger partial charge in [-0.3, -0.25) is 4.99 Å². The van der Waals surface area contributed by atoms with E-state index in [0.717, 1.165) is 19.2 Å². The van der Waals surface area contributed by atoms with E-state index in [4.69, 9.17) is 5.73 Å². The van der Waals surface area contributed by atoms with Gasteiger partial charge in [-0.2, -0.15) is 0 Å². The molecule has 114 valence electrons. The molecule has 6 heteroatoms. The number of nitrogens with zero attached hydrogens (tertiary/aromatic N) is 2. The summed E-state index contributed by atoms with van der Waals surface area (Å²) in [4.78, 5) is 6.19. The molecular formula is C14H22F2IN3. The van der Waals surface area contributed by atoms with E-state index in [-0.39, 0.29) is 29.9 Å². The fraction of sp³-hybridized carbons (Fsp3) is 0.500. The maximum absolute atomic E-state index is 13.6. The minimum Gasteiger partial charge on any atom is -0.370 e. The van der Waals surface area contributed by atoms with Gasteiger partial charge in [0, 0.05) is 31.6 Å². The zero-order valence-corrected chi connectivity index (χ0v) is 14.4. The zero-order valence-electron chi connectivity index (χ0n) is 12.1. The maximum atomic E-state index is 13.6. The lowest BCUT2D eigenvalue weighted by Crippen LogP contribution is -2.37. The summed E-state index contributed by atoms with van der Waals surface area (Å²) in [6.45, 7) is 7.78. The highest BCUT2D eigenvalue weighted by molar-refractivity contribution is 14.0. The van der Waals surface area contributed by atoms with E-state index in [1.807, 2.05) is 25.7 Å². The third-order valence-electron chi connectivity index (χ3n) is 3.11. The van der Waals surface area contributed by atoms with Crippen LogP contribution in [0.1, 0.15) is 32.3 Å². The van der Waals surface area contributed by atoms with E-state index in [0.29, 0.717) is 18.1 Å². The van der Waals surface area contributed by atoms with Crippen LogP contribution in [0, 0.1) is 11.6 Å². The standard InChI is InChI=1S/C14H21F2N3.HI/c1-4-19(5-2)14(17)18-9-10(3)12-7-6-11(15)8-13(12)16;/h6-8,10H,4-5,9H2,1-3H3,(H2,17,18);1H. The lowest BCUT2D eigenvalue weighted by Gasteiger charge is -2.20. The van der Waals surface area contributed by atoms with Crippen LogP contribution in [0.3, 0.4) is 0 Å². The fourth-order valence-electron chi connectivity index (χ4n) is 1.88. The monoisotopic (exact) mass is 397 g/mol. The number of hydrogen-bond acceptors (Lipinski definition) is 1. The molecule has 0 aliphatic carbocycles. The Morgan fingerprint density at radius 3 is 2.40 bits per heavy atom. The van der Waals surface area contributed by atoms with Crippen molar-refractivity contribution in [1.82, 2.24) is 4.90 Å². The quantitative estimate of drug-likeness (QED) is 0.471. The van der Waals surface area contributed by atoms with Crippen molar-refractivity contribution in [3.8, 4) is 0 Å². The van der Waals surface area contributed by atoms with Crippen LogP contribution >= 0.6 is 24.0 Å². The summed E-state index contributed by atoms with van der Waals surface area (Å²) < 4.78 is 26.4. The molecule has 1 aromatic carbocycles. The molecule has 1 rings (SSSR count). The van der Waals surface area contributed by atoms with Crippen LogP contribution in [-0.2, 0) is 0 Å². The number of rotatable bonds is 5. The molecule has 3 nitrogen and oxygen atoms in total. The topological polar surface area (TPSA) is 41.6 Å². The van der Waals surface area contributed by atoms with Crippen LogP contribution in [0.15, 0.2) is 23.2 Å². The summed E-state index contributed by atoms with van der Waals surface area (Å²) >= 11 is 0. The number of halogens is 3. The van der Waals surface area contributed by atoms with Gasteiger partial charge in [0.2, 0.25) is 0 Å². The lowest BCUT2D eigenvalue weighted by molar-refractivity contribution is 0.457. The van der Waals surface area contributed by atoms with Crippen molar-refractivity contribution >= 4 is 29.9 Å². The molecule has 0 spiro atoms. The number of benzene rings is 1. The van der Waals surface area contributed by atoms with Crippen LogP contribution in [0.2, 0.25) is 0 Å². The first kappa shape index (κ1) is 19.1. The van der Waals surface area contributed by atoms with E-state index < -0.39 is 11.6 Å². The molecule has 0 bridgehead atoms. The zero-order chi connectivity index (χ0) is 14.4. The highest BCUT2D eigenvalue weighted by Crippen LogP contribution is 2.20. The normalized spacial score (nSPS) is 12.8. The highest BCUT2D eigenvalue weighted by atomic mass is 127. The Morgan fingerprint density at radius 2 is 1.90 bits per heavy atom. The third kappa shape index (κ3) is 5.22. The first-order valence-electron chi connectivity index (χ1n) is 6.49. The summed E-state index contributed by atoms with van der Waals surface area (Å²) in [7, 11) is 0. The van der Waals surface area contributed by atoms with E-state index in [1.54, 1.807) is 0 Å². The Hall–Kier alpha value is -0.920. The van der Waals surface area contributed by atoms with E-state index >= 15 is 0 Å². The summed E-state index contributed by atoms with van der Waals surface area (Å²) in [5.41, 5.74) is 6.31. The molecule has 0 aliphatic rings. The van der Waals surface area contributed by atoms with Crippen molar-refractivity contribution in [3.05, 3.63) is 35.4 Å². The van der Waals surface area contributed by atoms with Gasteiger partial charge in [-0.25, -0.2) is 8.78 Å². The molecule has 2 N–H and O–H groups in total. The molecule has 0 aromatic heterocycles. The van der Waals surface area contributed by atoms with Crippen molar-refractivity contribution in [2.75, 3.05) is 19.6 Å². The summed E-state index contributed by atoms with van der Waals surface area (Å²) in [6.07, 6.45) is 0. The second-order valence-corrected chi connectivity index (χ2v) is 4.44.